The van der Waals surface area contributed by atoms with Gasteiger partial charge in [0.25, 0.3) is 0 Å². The van der Waals surface area contributed by atoms with Crippen LogP contribution in [0.25, 0.3) is 0 Å². The van der Waals surface area contributed by atoms with E-state index in [1.54, 1.807) is 0 Å². The summed E-state index contributed by atoms with van der Waals surface area (Å²) in [7, 11) is 0. The van der Waals surface area contributed by atoms with Crippen molar-refractivity contribution >= 4 is 5.91 Å². The zero-order chi connectivity index (χ0) is 12.5. The number of aliphatic hydroxyl groups is 1. The molecule has 17 heavy (non-hydrogen) atoms. The first-order valence-corrected chi connectivity index (χ1v) is 6.71. The first-order valence-electron chi connectivity index (χ1n) is 6.71. The van der Waals surface area contributed by atoms with Crippen LogP contribution in [0.15, 0.2) is 0 Å². The molecule has 0 aromatic rings. The molecule has 2 heterocycles. The third-order valence-corrected chi connectivity index (χ3v) is 4.29. The summed E-state index contributed by atoms with van der Waals surface area (Å²) < 4.78 is 0. The molecular formula is C13H24N2O2. The van der Waals surface area contributed by atoms with E-state index in [0.29, 0.717) is 18.9 Å². The van der Waals surface area contributed by atoms with Crippen molar-refractivity contribution in [3.05, 3.63) is 0 Å². The first-order chi connectivity index (χ1) is 7.99. The highest BCUT2D eigenvalue weighted by atomic mass is 16.3. The maximum Gasteiger partial charge on any atom is 0.225 e. The maximum absolute atomic E-state index is 12.3. The van der Waals surface area contributed by atoms with E-state index in [0.717, 1.165) is 32.5 Å². The van der Waals surface area contributed by atoms with Crippen LogP contribution < -0.4 is 5.32 Å². The Balaban J connectivity index is 1.90. The van der Waals surface area contributed by atoms with Crippen LogP contribution in [0.3, 0.4) is 0 Å². The largest absolute Gasteiger partial charge is 0.390 e. The Morgan fingerprint density at radius 1 is 1.41 bits per heavy atom. The predicted molar refractivity (Wildman–Crippen MR) is 66.6 cm³/mol. The molecule has 2 aliphatic rings. The van der Waals surface area contributed by atoms with E-state index in [9.17, 15) is 9.90 Å². The molecule has 2 N–H and O–H groups in total. The smallest absolute Gasteiger partial charge is 0.225 e. The second-order valence-corrected chi connectivity index (χ2v) is 5.88. The molecule has 4 nitrogen and oxygen atoms in total. The van der Waals surface area contributed by atoms with Gasteiger partial charge in [0.15, 0.2) is 0 Å². The number of hydrogen-bond donors (Lipinski definition) is 2. The summed E-state index contributed by atoms with van der Waals surface area (Å²) in [5.41, 5.74) is -0.587. The predicted octanol–water partition coefficient (Wildman–Crippen LogP) is 0.605. The van der Waals surface area contributed by atoms with Gasteiger partial charge in [0, 0.05) is 19.0 Å². The first kappa shape index (κ1) is 12.8. The molecule has 2 rings (SSSR count). The minimum atomic E-state index is -0.587. The van der Waals surface area contributed by atoms with Crippen molar-refractivity contribution < 1.29 is 9.90 Å². The molecule has 2 unspecified atom stereocenters. The highest BCUT2D eigenvalue weighted by Crippen LogP contribution is 2.24. The van der Waals surface area contributed by atoms with Crippen molar-refractivity contribution in [1.82, 2.24) is 10.2 Å². The van der Waals surface area contributed by atoms with Gasteiger partial charge in [-0.1, -0.05) is 6.92 Å². The van der Waals surface area contributed by atoms with E-state index in [4.69, 9.17) is 0 Å². The van der Waals surface area contributed by atoms with Crippen molar-refractivity contribution in [2.75, 3.05) is 26.2 Å². The molecule has 0 saturated carbocycles. The van der Waals surface area contributed by atoms with Crippen LogP contribution in [0.4, 0.5) is 0 Å². The standard InChI is InChI=1S/C13H24N2O2/c1-10(11-8-14-9-11)12(16)15-6-3-4-13(2,17)5-7-15/h10-11,14,17H,3-9H2,1-2H3. The molecule has 4 heteroatoms. The molecular weight excluding hydrogens is 216 g/mol. The van der Waals surface area contributed by atoms with E-state index in [1.165, 1.54) is 0 Å². The number of carbonyl (C=O) groups excluding carboxylic acids is 1. The zero-order valence-electron chi connectivity index (χ0n) is 10.9. The molecule has 0 aliphatic carbocycles. The Bertz CT molecular complexity index is 287. The summed E-state index contributed by atoms with van der Waals surface area (Å²) in [5, 5.41) is 13.2. The normalized spacial score (nSPS) is 32.8. The van der Waals surface area contributed by atoms with Crippen LogP contribution in [0.2, 0.25) is 0 Å². The van der Waals surface area contributed by atoms with Gasteiger partial charge in [0.05, 0.1) is 5.60 Å². The van der Waals surface area contributed by atoms with Crippen molar-refractivity contribution in [1.29, 1.82) is 0 Å². The molecule has 2 saturated heterocycles. The highest BCUT2D eigenvalue weighted by Gasteiger charge is 2.33. The van der Waals surface area contributed by atoms with Crippen molar-refractivity contribution in [3.63, 3.8) is 0 Å². The van der Waals surface area contributed by atoms with Gasteiger partial charge in [-0.15, -0.1) is 0 Å². The van der Waals surface area contributed by atoms with E-state index in [-0.39, 0.29) is 11.8 Å². The van der Waals surface area contributed by atoms with Crippen LogP contribution in [-0.4, -0.2) is 47.7 Å². The van der Waals surface area contributed by atoms with E-state index >= 15 is 0 Å². The molecule has 0 bridgehead atoms. The second-order valence-electron chi connectivity index (χ2n) is 5.88. The lowest BCUT2D eigenvalue weighted by molar-refractivity contribution is -0.137. The summed E-state index contributed by atoms with van der Waals surface area (Å²) in [6.07, 6.45) is 2.42. The SMILES string of the molecule is CC(C(=O)N1CCCC(C)(O)CC1)C1CNC1. The molecule has 2 fully saturated rings. The molecule has 0 aromatic heterocycles. The van der Waals surface area contributed by atoms with Crippen LogP contribution in [0.5, 0.6) is 0 Å². The van der Waals surface area contributed by atoms with Crippen molar-refractivity contribution in [2.24, 2.45) is 11.8 Å². The highest BCUT2D eigenvalue weighted by molar-refractivity contribution is 5.79. The van der Waals surface area contributed by atoms with Gasteiger partial charge in [-0.05, 0) is 45.2 Å². The fraction of sp³-hybridized carbons (Fsp3) is 0.923. The molecule has 2 aliphatic heterocycles. The molecule has 0 radical (unpaired) electrons. The van der Waals surface area contributed by atoms with Crippen LogP contribution in [-0.2, 0) is 4.79 Å². The summed E-state index contributed by atoms with van der Waals surface area (Å²) >= 11 is 0. The van der Waals surface area contributed by atoms with Crippen LogP contribution in [0.1, 0.15) is 33.1 Å². The molecule has 98 valence electrons. The van der Waals surface area contributed by atoms with Gasteiger partial charge in [0.1, 0.15) is 0 Å². The second kappa shape index (κ2) is 4.94. The number of rotatable bonds is 2. The number of nitrogens with zero attached hydrogens (tertiary/aromatic N) is 1. The van der Waals surface area contributed by atoms with Gasteiger partial charge < -0.3 is 15.3 Å². The number of amides is 1. The quantitative estimate of drug-likeness (QED) is 0.743. The third-order valence-electron chi connectivity index (χ3n) is 4.29. The Morgan fingerprint density at radius 2 is 2.12 bits per heavy atom. The molecule has 0 spiro atoms. The summed E-state index contributed by atoms with van der Waals surface area (Å²) in [5.74, 6) is 0.903. The Morgan fingerprint density at radius 3 is 2.71 bits per heavy atom. The van der Waals surface area contributed by atoms with Crippen LogP contribution >= 0.6 is 0 Å². The Labute approximate surface area is 103 Å². The zero-order valence-corrected chi connectivity index (χ0v) is 10.9. The fourth-order valence-corrected chi connectivity index (χ4v) is 2.64. The van der Waals surface area contributed by atoms with Crippen molar-refractivity contribution in [2.45, 2.75) is 38.7 Å². The van der Waals surface area contributed by atoms with Gasteiger partial charge in [-0.3, -0.25) is 4.79 Å². The minimum Gasteiger partial charge on any atom is -0.390 e. The minimum absolute atomic E-state index is 0.124. The average Bonchev–Trinajstić information content (AvgIpc) is 2.35. The van der Waals surface area contributed by atoms with E-state index in [2.05, 4.69) is 5.32 Å². The maximum atomic E-state index is 12.3. The topological polar surface area (TPSA) is 52.6 Å². The Hall–Kier alpha value is -0.610. The van der Waals surface area contributed by atoms with Crippen LogP contribution in [0, 0.1) is 11.8 Å². The molecule has 2 atom stereocenters. The number of carbonyl (C=O) groups is 1. The monoisotopic (exact) mass is 240 g/mol. The fourth-order valence-electron chi connectivity index (χ4n) is 2.64. The van der Waals surface area contributed by atoms with Gasteiger partial charge in [-0.25, -0.2) is 0 Å². The summed E-state index contributed by atoms with van der Waals surface area (Å²) in [6.45, 7) is 7.36. The number of nitrogens with one attached hydrogen (secondary N) is 1. The van der Waals surface area contributed by atoms with Gasteiger partial charge in [-0.2, -0.15) is 0 Å². The van der Waals surface area contributed by atoms with Crippen molar-refractivity contribution in [3.8, 4) is 0 Å². The molecule has 0 aromatic carbocycles. The third kappa shape index (κ3) is 2.99. The summed E-state index contributed by atoms with van der Waals surface area (Å²) in [4.78, 5) is 14.3. The summed E-state index contributed by atoms with van der Waals surface area (Å²) in [6, 6.07) is 0. The average molecular weight is 240 g/mol. The number of likely N-dealkylation sites (tertiary alicyclic amines) is 1. The lowest BCUT2D eigenvalue weighted by Crippen LogP contribution is -2.50. The lowest BCUT2D eigenvalue weighted by atomic mass is 9.88. The van der Waals surface area contributed by atoms with E-state index < -0.39 is 5.60 Å². The molecule has 1 amide bonds. The number of hydrogen-bond acceptors (Lipinski definition) is 3. The van der Waals surface area contributed by atoms with E-state index in [1.807, 2.05) is 18.7 Å². The Kier molecular flexibility index (Phi) is 3.73. The lowest BCUT2D eigenvalue weighted by Gasteiger charge is -2.34. The van der Waals surface area contributed by atoms with Gasteiger partial charge >= 0.3 is 0 Å². The van der Waals surface area contributed by atoms with Gasteiger partial charge in [0.2, 0.25) is 5.91 Å².